The van der Waals surface area contributed by atoms with E-state index in [2.05, 4.69) is 15.4 Å². The Kier molecular flexibility index (Phi) is 3.84. The molecule has 1 heterocycles. The van der Waals surface area contributed by atoms with Crippen LogP contribution in [0, 0.1) is 6.92 Å². The second kappa shape index (κ2) is 5.14. The second-order valence-electron chi connectivity index (χ2n) is 3.35. The Morgan fingerprint density at radius 2 is 2.40 bits per heavy atom. The van der Waals surface area contributed by atoms with Gasteiger partial charge < -0.3 is 15.8 Å². The van der Waals surface area contributed by atoms with Crippen molar-refractivity contribution in [3.63, 3.8) is 0 Å². The van der Waals surface area contributed by atoms with Crippen molar-refractivity contribution < 1.29 is 5.21 Å². The molecule has 1 aromatic rings. The summed E-state index contributed by atoms with van der Waals surface area (Å²) >= 11 is 0. The summed E-state index contributed by atoms with van der Waals surface area (Å²) in [5.41, 5.74) is 6.42. The number of aromatic nitrogens is 2. The van der Waals surface area contributed by atoms with Crippen molar-refractivity contribution in [3.05, 3.63) is 17.8 Å². The summed E-state index contributed by atoms with van der Waals surface area (Å²) < 4.78 is 0. The van der Waals surface area contributed by atoms with Crippen LogP contribution in [-0.2, 0) is 0 Å². The highest BCUT2D eigenvalue weighted by atomic mass is 16.4. The van der Waals surface area contributed by atoms with Crippen LogP contribution in [0.3, 0.4) is 0 Å². The molecule has 0 bridgehead atoms. The van der Waals surface area contributed by atoms with E-state index in [-0.39, 0.29) is 5.84 Å². The highest BCUT2D eigenvalue weighted by Crippen LogP contribution is 2.08. The van der Waals surface area contributed by atoms with Crippen molar-refractivity contribution in [3.8, 4) is 0 Å². The smallest absolute Gasteiger partial charge is 0.151 e. The maximum absolute atomic E-state index is 8.38. The molecular weight excluding hydrogens is 194 g/mol. The third kappa shape index (κ3) is 3.41. The van der Waals surface area contributed by atoms with Crippen LogP contribution in [0.4, 0.5) is 5.82 Å². The summed E-state index contributed by atoms with van der Waals surface area (Å²) in [6, 6.07) is 1.93. The van der Waals surface area contributed by atoms with Crippen molar-refractivity contribution >= 4 is 11.7 Å². The van der Waals surface area contributed by atoms with E-state index in [1.807, 2.05) is 24.9 Å². The highest BCUT2D eigenvalue weighted by molar-refractivity contribution is 5.80. The molecule has 0 atom stereocenters. The molecule has 0 fully saturated rings. The number of amidine groups is 1. The van der Waals surface area contributed by atoms with Gasteiger partial charge in [-0.15, -0.1) is 5.10 Å². The van der Waals surface area contributed by atoms with Gasteiger partial charge in [0.15, 0.2) is 5.82 Å². The van der Waals surface area contributed by atoms with Crippen LogP contribution in [-0.4, -0.2) is 34.8 Å². The lowest BCUT2D eigenvalue weighted by Gasteiger charge is -2.16. The SMILES string of the molecule is Cc1cnnc(N(C)CC/C(N)=N/O)c1. The highest BCUT2D eigenvalue weighted by Gasteiger charge is 2.04. The van der Waals surface area contributed by atoms with Crippen LogP contribution in [0.25, 0.3) is 0 Å². The fourth-order valence-corrected chi connectivity index (χ4v) is 1.08. The second-order valence-corrected chi connectivity index (χ2v) is 3.35. The molecule has 0 aliphatic heterocycles. The molecule has 0 saturated heterocycles. The molecule has 15 heavy (non-hydrogen) atoms. The number of hydrogen-bond acceptors (Lipinski definition) is 5. The number of hydrogen-bond donors (Lipinski definition) is 2. The molecule has 0 aliphatic rings. The minimum absolute atomic E-state index is 0.211. The molecule has 0 aromatic carbocycles. The zero-order chi connectivity index (χ0) is 11.3. The van der Waals surface area contributed by atoms with E-state index >= 15 is 0 Å². The minimum atomic E-state index is 0.211. The third-order valence-corrected chi connectivity index (χ3v) is 2.00. The first-order valence-electron chi connectivity index (χ1n) is 4.60. The number of aryl methyl sites for hydroxylation is 1. The number of oxime groups is 1. The molecule has 1 aromatic heterocycles. The zero-order valence-electron chi connectivity index (χ0n) is 8.88. The molecule has 0 amide bonds. The standard InChI is InChI=1S/C9H15N5O/c1-7-5-9(12-11-6-7)14(2)4-3-8(10)13-15/h5-6,15H,3-4H2,1-2H3,(H2,10,13). The first-order valence-corrected chi connectivity index (χ1v) is 4.60. The van der Waals surface area contributed by atoms with Crippen LogP contribution >= 0.6 is 0 Å². The van der Waals surface area contributed by atoms with Gasteiger partial charge in [-0.05, 0) is 18.6 Å². The molecule has 0 aliphatic carbocycles. The third-order valence-electron chi connectivity index (χ3n) is 2.00. The quantitative estimate of drug-likeness (QED) is 0.323. The molecule has 3 N–H and O–H groups in total. The Balaban J connectivity index is 2.57. The number of nitrogens with two attached hydrogens (primary N) is 1. The summed E-state index contributed by atoms with van der Waals surface area (Å²) in [7, 11) is 1.88. The molecule has 6 nitrogen and oxygen atoms in total. The molecule has 6 heteroatoms. The van der Waals surface area contributed by atoms with Gasteiger partial charge in [0.1, 0.15) is 5.84 Å². The summed E-state index contributed by atoms with van der Waals surface area (Å²) in [6.07, 6.45) is 2.18. The zero-order valence-corrected chi connectivity index (χ0v) is 8.88. The van der Waals surface area contributed by atoms with E-state index in [4.69, 9.17) is 10.9 Å². The first kappa shape index (κ1) is 11.2. The lowest BCUT2D eigenvalue weighted by Crippen LogP contribution is -2.25. The van der Waals surface area contributed by atoms with Gasteiger partial charge in [-0.2, -0.15) is 5.10 Å². The van der Waals surface area contributed by atoms with Gasteiger partial charge >= 0.3 is 0 Å². The van der Waals surface area contributed by atoms with E-state index < -0.39 is 0 Å². The van der Waals surface area contributed by atoms with Gasteiger partial charge in [0.05, 0.1) is 6.20 Å². The van der Waals surface area contributed by atoms with Gasteiger partial charge in [-0.3, -0.25) is 0 Å². The normalized spacial score (nSPS) is 11.5. The molecule has 82 valence electrons. The van der Waals surface area contributed by atoms with E-state index in [1.165, 1.54) is 0 Å². The molecular formula is C9H15N5O. The van der Waals surface area contributed by atoms with Crippen molar-refractivity contribution in [2.24, 2.45) is 10.9 Å². The minimum Gasteiger partial charge on any atom is -0.409 e. The Morgan fingerprint density at radius 1 is 1.67 bits per heavy atom. The summed E-state index contributed by atoms with van der Waals surface area (Å²) in [5, 5.41) is 19.1. The van der Waals surface area contributed by atoms with Crippen LogP contribution in [0.15, 0.2) is 17.4 Å². The van der Waals surface area contributed by atoms with Gasteiger partial charge in [0, 0.05) is 20.0 Å². The average Bonchev–Trinajstić information content (AvgIpc) is 2.25. The molecule has 1 rings (SSSR count). The first-order chi connectivity index (χ1) is 7.13. The summed E-state index contributed by atoms with van der Waals surface area (Å²) in [4.78, 5) is 1.90. The fraction of sp³-hybridized carbons (Fsp3) is 0.444. The predicted octanol–water partition coefficient (Wildman–Crippen LogP) is 0.358. The Bertz CT molecular complexity index is 352. The summed E-state index contributed by atoms with van der Waals surface area (Å²) in [5.74, 6) is 0.989. The molecule has 0 radical (unpaired) electrons. The lowest BCUT2D eigenvalue weighted by atomic mass is 10.3. The van der Waals surface area contributed by atoms with Crippen LogP contribution in [0.1, 0.15) is 12.0 Å². The Morgan fingerprint density at radius 3 is 3.00 bits per heavy atom. The molecule has 0 unspecified atom stereocenters. The lowest BCUT2D eigenvalue weighted by molar-refractivity contribution is 0.317. The largest absolute Gasteiger partial charge is 0.409 e. The Hall–Kier alpha value is -1.85. The molecule has 0 saturated carbocycles. The van der Waals surface area contributed by atoms with E-state index in [0.29, 0.717) is 13.0 Å². The maximum Gasteiger partial charge on any atom is 0.151 e. The van der Waals surface area contributed by atoms with Crippen LogP contribution in [0.5, 0.6) is 0 Å². The Labute approximate surface area is 88.4 Å². The topological polar surface area (TPSA) is 87.6 Å². The maximum atomic E-state index is 8.38. The van der Waals surface area contributed by atoms with Gasteiger partial charge in [-0.1, -0.05) is 5.16 Å². The fourth-order valence-electron chi connectivity index (χ4n) is 1.08. The average molecular weight is 209 g/mol. The van der Waals surface area contributed by atoms with E-state index in [0.717, 1.165) is 11.4 Å². The van der Waals surface area contributed by atoms with Crippen molar-refractivity contribution in [2.45, 2.75) is 13.3 Å². The van der Waals surface area contributed by atoms with E-state index in [1.54, 1.807) is 6.20 Å². The summed E-state index contributed by atoms with van der Waals surface area (Å²) in [6.45, 7) is 2.59. The van der Waals surface area contributed by atoms with Crippen LogP contribution in [0.2, 0.25) is 0 Å². The van der Waals surface area contributed by atoms with Gasteiger partial charge in [0.2, 0.25) is 0 Å². The van der Waals surface area contributed by atoms with Crippen molar-refractivity contribution in [1.82, 2.24) is 10.2 Å². The van der Waals surface area contributed by atoms with Gasteiger partial charge in [0.25, 0.3) is 0 Å². The number of anilines is 1. The predicted molar refractivity (Wildman–Crippen MR) is 58.1 cm³/mol. The number of nitrogens with zero attached hydrogens (tertiary/aromatic N) is 4. The van der Waals surface area contributed by atoms with Crippen LogP contribution < -0.4 is 10.6 Å². The van der Waals surface area contributed by atoms with E-state index in [9.17, 15) is 0 Å². The monoisotopic (exact) mass is 209 g/mol. The van der Waals surface area contributed by atoms with Crippen molar-refractivity contribution in [1.29, 1.82) is 0 Å². The molecule has 0 spiro atoms. The number of rotatable bonds is 4. The van der Waals surface area contributed by atoms with Gasteiger partial charge in [-0.25, -0.2) is 0 Å². The van der Waals surface area contributed by atoms with Crippen molar-refractivity contribution in [2.75, 3.05) is 18.5 Å².